The van der Waals surface area contributed by atoms with Crippen LogP contribution in [0.4, 0.5) is 5.69 Å². The lowest BCUT2D eigenvalue weighted by molar-refractivity contribution is -0.254. The first kappa shape index (κ1) is 29.7. The molecule has 1 fully saturated rings. The molecule has 2 aromatic rings. The Balaban J connectivity index is 2.07. The van der Waals surface area contributed by atoms with Gasteiger partial charge in [-0.3, -0.25) is 19.2 Å². The maximum Gasteiger partial charge on any atom is 0.303 e. The summed E-state index contributed by atoms with van der Waals surface area (Å²) in [7, 11) is 0. The number of halogens is 1. The highest BCUT2D eigenvalue weighted by atomic mass is 35.5. The highest BCUT2D eigenvalue weighted by Crippen LogP contribution is 2.39. The number of nitrogens with two attached hydrogens (primary N) is 1. The minimum absolute atomic E-state index is 0.0453. The summed E-state index contributed by atoms with van der Waals surface area (Å²) in [5.74, 6) is -2.78. The number of ether oxygens (including phenoxy) is 5. The Labute approximate surface area is 230 Å². The second kappa shape index (κ2) is 12.8. The highest BCUT2D eigenvalue weighted by molar-refractivity contribution is 6.31. The molecule has 2 aromatic carbocycles. The molecule has 3 N–H and O–H groups in total. The van der Waals surface area contributed by atoms with E-state index >= 15 is 0 Å². The summed E-state index contributed by atoms with van der Waals surface area (Å²) in [6.07, 6.45) is -5.55. The van der Waals surface area contributed by atoms with E-state index in [9.17, 15) is 24.3 Å². The van der Waals surface area contributed by atoms with Crippen molar-refractivity contribution in [1.29, 1.82) is 0 Å². The lowest BCUT2D eigenvalue weighted by Crippen LogP contribution is -2.59. The Hall–Kier alpha value is -3.83. The predicted molar refractivity (Wildman–Crippen MR) is 138 cm³/mol. The van der Waals surface area contributed by atoms with Crippen LogP contribution in [0.25, 0.3) is 0 Å². The van der Waals surface area contributed by atoms with Crippen LogP contribution in [0.5, 0.6) is 5.75 Å². The molecule has 210 valence electrons. The van der Waals surface area contributed by atoms with E-state index in [-0.39, 0.29) is 18.0 Å². The fraction of sp³-hybridized carbons (Fsp3) is 0.407. The number of rotatable bonds is 8. The van der Waals surface area contributed by atoms with Gasteiger partial charge in [-0.1, -0.05) is 29.8 Å². The van der Waals surface area contributed by atoms with Gasteiger partial charge in [0.05, 0.1) is 5.69 Å². The third kappa shape index (κ3) is 7.84. The number of hydrogen-bond donors (Lipinski definition) is 2. The van der Waals surface area contributed by atoms with Gasteiger partial charge in [0.2, 0.25) is 0 Å². The zero-order chi connectivity index (χ0) is 28.9. The van der Waals surface area contributed by atoms with Crippen LogP contribution in [-0.2, 0) is 49.3 Å². The topological polar surface area (TPSA) is 161 Å². The maximum atomic E-state index is 12.1. The van der Waals surface area contributed by atoms with Crippen molar-refractivity contribution in [2.75, 3.05) is 12.3 Å². The second-order valence-corrected chi connectivity index (χ2v) is 9.45. The third-order valence-corrected chi connectivity index (χ3v) is 6.24. The van der Waals surface area contributed by atoms with Gasteiger partial charge in [-0.05, 0) is 41.3 Å². The molecule has 0 spiro atoms. The molecule has 1 aliphatic rings. The van der Waals surface area contributed by atoms with E-state index in [1.165, 1.54) is 19.9 Å². The van der Waals surface area contributed by atoms with Crippen LogP contribution in [0.3, 0.4) is 0 Å². The number of benzene rings is 2. The summed E-state index contributed by atoms with van der Waals surface area (Å²) in [4.78, 5) is 47.7. The normalized spacial score (nSPS) is 22.4. The fourth-order valence-electron chi connectivity index (χ4n) is 4.34. The molecule has 11 nitrogen and oxygen atoms in total. The van der Waals surface area contributed by atoms with Gasteiger partial charge in [-0.15, -0.1) is 0 Å². The summed E-state index contributed by atoms with van der Waals surface area (Å²) < 4.78 is 27.8. The minimum Gasteiger partial charge on any atom is -0.506 e. The quantitative estimate of drug-likeness (QED) is 0.210. The Morgan fingerprint density at radius 2 is 1.49 bits per heavy atom. The Kier molecular flexibility index (Phi) is 9.76. The van der Waals surface area contributed by atoms with E-state index in [0.29, 0.717) is 22.6 Å². The Morgan fingerprint density at radius 1 is 0.872 bits per heavy atom. The van der Waals surface area contributed by atoms with E-state index in [0.717, 1.165) is 19.4 Å². The van der Waals surface area contributed by atoms with E-state index < -0.39 is 54.4 Å². The standard InChI is InChI=1S/C27H30ClNO10/c1-13(30)35-12-23-25(36-14(2)31)27(38-16(4)33)26(37-15(3)32)24(39-23)18-6-7-20(28)19(11-18)9-17-5-8-22(34)21(29)10-17/h5-8,10-11,23-27,34H,9,12,29H2,1-4H3/t23-,24?,25-,26+,27+/m1/s1. The molecule has 1 aliphatic heterocycles. The van der Waals surface area contributed by atoms with Crippen LogP contribution in [-0.4, -0.2) is 60.0 Å². The first-order chi connectivity index (χ1) is 18.3. The fourth-order valence-corrected chi connectivity index (χ4v) is 4.52. The molecule has 0 bridgehead atoms. The number of aromatic hydroxyl groups is 1. The van der Waals surface area contributed by atoms with Gasteiger partial charge in [-0.2, -0.15) is 0 Å². The first-order valence-corrected chi connectivity index (χ1v) is 12.4. The molecule has 5 atom stereocenters. The summed E-state index contributed by atoms with van der Waals surface area (Å²) >= 11 is 6.48. The van der Waals surface area contributed by atoms with E-state index in [1.807, 2.05) is 0 Å². The molecular weight excluding hydrogens is 534 g/mol. The van der Waals surface area contributed by atoms with Crippen molar-refractivity contribution in [3.05, 3.63) is 58.1 Å². The van der Waals surface area contributed by atoms with Crippen molar-refractivity contribution in [2.24, 2.45) is 0 Å². The number of anilines is 1. The SMILES string of the molecule is CC(=O)OC[C@H]1OC(c2ccc(Cl)c(Cc3ccc(O)c(N)c3)c2)[C@H](OC(C)=O)[C@@H](OC(C)=O)[C@@H]1OC(C)=O. The number of carbonyl (C=O) groups excluding carboxylic acids is 4. The number of esters is 4. The lowest BCUT2D eigenvalue weighted by atomic mass is 9.89. The van der Waals surface area contributed by atoms with E-state index in [4.69, 9.17) is 41.0 Å². The largest absolute Gasteiger partial charge is 0.506 e. The molecule has 0 saturated carbocycles. The molecule has 0 radical (unpaired) electrons. The van der Waals surface area contributed by atoms with Crippen LogP contribution >= 0.6 is 11.6 Å². The van der Waals surface area contributed by atoms with Crippen LogP contribution in [0, 0.1) is 0 Å². The highest BCUT2D eigenvalue weighted by Gasteiger charge is 2.52. The van der Waals surface area contributed by atoms with Crippen LogP contribution in [0.2, 0.25) is 5.02 Å². The third-order valence-electron chi connectivity index (χ3n) is 5.88. The second-order valence-electron chi connectivity index (χ2n) is 9.04. The molecular formula is C27H30ClNO10. The van der Waals surface area contributed by atoms with Crippen molar-refractivity contribution < 1.29 is 48.0 Å². The molecule has 12 heteroatoms. The average molecular weight is 564 g/mol. The van der Waals surface area contributed by atoms with Gasteiger partial charge in [0.25, 0.3) is 0 Å². The van der Waals surface area contributed by atoms with E-state index in [1.54, 1.807) is 30.3 Å². The monoisotopic (exact) mass is 563 g/mol. The zero-order valence-electron chi connectivity index (χ0n) is 21.8. The smallest absolute Gasteiger partial charge is 0.303 e. The van der Waals surface area contributed by atoms with Crippen LogP contribution in [0.15, 0.2) is 36.4 Å². The predicted octanol–water partition coefficient (Wildman–Crippen LogP) is 3.02. The van der Waals surface area contributed by atoms with Gasteiger partial charge < -0.3 is 34.5 Å². The summed E-state index contributed by atoms with van der Waals surface area (Å²) in [6, 6.07) is 9.80. The Morgan fingerprint density at radius 3 is 2.08 bits per heavy atom. The number of carbonyl (C=O) groups is 4. The molecule has 0 aromatic heterocycles. The average Bonchev–Trinajstić information content (AvgIpc) is 2.83. The van der Waals surface area contributed by atoms with Crippen molar-refractivity contribution in [1.82, 2.24) is 0 Å². The molecule has 39 heavy (non-hydrogen) atoms. The van der Waals surface area contributed by atoms with Crippen LogP contribution in [0.1, 0.15) is 50.5 Å². The maximum absolute atomic E-state index is 12.1. The first-order valence-electron chi connectivity index (χ1n) is 12.0. The molecule has 0 aliphatic carbocycles. The van der Waals surface area contributed by atoms with Gasteiger partial charge in [-0.25, -0.2) is 0 Å². The van der Waals surface area contributed by atoms with Crippen LogP contribution < -0.4 is 5.73 Å². The molecule has 1 saturated heterocycles. The van der Waals surface area contributed by atoms with Gasteiger partial charge in [0, 0.05) is 32.7 Å². The molecule has 1 heterocycles. The van der Waals surface area contributed by atoms with Gasteiger partial charge in [0.1, 0.15) is 24.6 Å². The zero-order valence-corrected chi connectivity index (χ0v) is 22.6. The minimum atomic E-state index is -1.29. The van der Waals surface area contributed by atoms with Crippen molar-refractivity contribution in [2.45, 2.75) is 64.6 Å². The Bertz CT molecular complexity index is 1250. The summed E-state index contributed by atoms with van der Waals surface area (Å²) in [5.41, 5.74) is 7.96. The molecule has 3 rings (SSSR count). The van der Waals surface area contributed by atoms with Gasteiger partial charge >= 0.3 is 23.9 Å². The molecule has 0 amide bonds. The number of phenols is 1. The van der Waals surface area contributed by atoms with E-state index in [2.05, 4.69) is 0 Å². The van der Waals surface area contributed by atoms with Crippen molar-refractivity contribution in [3.63, 3.8) is 0 Å². The number of phenolic OH excluding ortho intramolecular Hbond substituents is 1. The lowest BCUT2D eigenvalue weighted by Gasteiger charge is -2.44. The van der Waals surface area contributed by atoms with Crippen molar-refractivity contribution in [3.8, 4) is 5.75 Å². The number of hydrogen-bond acceptors (Lipinski definition) is 11. The number of nitrogen functional groups attached to an aromatic ring is 1. The van der Waals surface area contributed by atoms with Crippen molar-refractivity contribution >= 4 is 41.2 Å². The summed E-state index contributed by atoms with van der Waals surface area (Å²) in [6.45, 7) is 4.36. The van der Waals surface area contributed by atoms with Gasteiger partial charge in [0.15, 0.2) is 18.3 Å². The molecule has 1 unspecified atom stereocenters. The summed E-state index contributed by atoms with van der Waals surface area (Å²) in [5, 5.41) is 10.2.